The minimum Gasteiger partial charge on any atom is -0.478 e. The van der Waals surface area contributed by atoms with E-state index in [1.165, 1.54) is 23.7 Å². The topological polar surface area (TPSA) is 130 Å². The Morgan fingerprint density at radius 1 is 1.35 bits per heavy atom. The molecule has 8 nitrogen and oxygen atoms in total. The molecule has 0 atom stereocenters. The molecule has 1 aliphatic carbocycles. The van der Waals surface area contributed by atoms with Gasteiger partial charge >= 0.3 is 5.97 Å². The zero-order valence-electron chi connectivity index (χ0n) is 14.6. The molecule has 26 heavy (non-hydrogen) atoms. The molecule has 2 aromatic heterocycles. The molecule has 9 heteroatoms. The van der Waals surface area contributed by atoms with E-state index in [1.807, 2.05) is 0 Å². The molecule has 0 bridgehead atoms. The summed E-state index contributed by atoms with van der Waals surface area (Å²) in [6.45, 7) is 4.43. The Hall–Kier alpha value is -2.36. The summed E-state index contributed by atoms with van der Waals surface area (Å²) in [5.41, 5.74) is 4.03. The van der Waals surface area contributed by atoms with Crippen LogP contribution in [0.2, 0.25) is 0 Å². The van der Waals surface area contributed by atoms with Gasteiger partial charge in [-0.15, -0.1) is 11.3 Å². The molecular formula is C17H21N5O3S. The van der Waals surface area contributed by atoms with E-state index in [9.17, 15) is 14.7 Å². The number of aryl methyl sites for hydroxylation is 1. The first kappa shape index (κ1) is 18.4. The van der Waals surface area contributed by atoms with Gasteiger partial charge in [-0.25, -0.2) is 9.78 Å². The molecule has 0 saturated heterocycles. The highest BCUT2D eigenvalue weighted by Gasteiger charge is 2.33. The van der Waals surface area contributed by atoms with Crippen LogP contribution in [0.25, 0.3) is 0 Å². The summed E-state index contributed by atoms with van der Waals surface area (Å²) in [7, 11) is 0. The SMILES string of the molecule is CC1(C)CCc2sc(NC(=O)c3nccnc3CNN)c(C(=O)O)c2C1. The molecule has 0 aliphatic heterocycles. The van der Waals surface area contributed by atoms with Gasteiger partial charge in [0.2, 0.25) is 0 Å². The zero-order valence-corrected chi connectivity index (χ0v) is 15.4. The lowest BCUT2D eigenvalue weighted by Gasteiger charge is -2.29. The first-order valence-corrected chi connectivity index (χ1v) is 9.06. The number of carboxylic acids is 1. The molecule has 0 unspecified atom stereocenters. The van der Waals surface area contributed by atoms with Crippen LogP contribution in [0.3, 0.4) is 0 Å². The molecule has 0 aromatic carbocycles. The van der Waals surface area contributed by atoms with Gasteiger partial charge in [0.1, 0.15) is 5.00 Å². The van der Waals surface area contributed by atoms with E-state index in [0.717, 1.165) is 23.3 Å². The first-order chi connectivity index (χ1) is 12.3. The van der Waals surface area contributed by atoms with Crippen molar-refractivity contribution in [3.63, 3.8) is 0 Å². The van der Waals surface area contributed by atoms with Crippen molar-refractivity contribution < 1.29 is 14.7 Å². The van der Waals surface area contributed by atoms with Gasteiger partial charge < -0.3 is 10.4 Å². The second-order valence-electron chi connectivity index (χ2n) is 7.04. The highest BCUT2D eigenvalue weighted by molar-refractivity contribution is 7.17. The van der Waals surface area contributed by atoms with E-state index in [-0.39, 0.29) is 23.2 Å². The Morgan fingerprint density at radius 2 is 2.08 bits per heavy atom. The minimum absolute atomic E-state index is 0.0461. The quantitative estimate of drug-likeness (QED) is 0.464. The summed E-state index contributed by atoms with van der Waals surface area (Å²) >= 11 is 1.33. The third kappa shape index (κ3) is 3.59. The molecule has 2 aromatic rings. The number of nitrogens with zero attached hydrogens (tertiary/aromatic N) is 2. The predicted octanol–water partition coefficient (Wildman–Crippen LogP) is 1.97. The van der Waals surface area contributed by atoms with Gasteiger partial charge in [-0.1, -0.05) is 13.8 Å². The van der Waals surface area contributed by atoms with E-state index in [1.54, 1.807) is 0 Å². The highest BCUT2D eigenvalue weighted by Crippen LogP contribution is 2.43. The highest BCUT2D eigenvalue weighted by atomic mass is 32.1. The number of amides is 1. The fourth-order valence-electron chi connectivity index (χ4n) is 3.18. The minimum atomic E-state index is -1.03. The Labute approximate surface area is 154 Å². The van der Waals surface area contributed by atoms with Crippen molar-refractivity contribution in [1.29, 1.82) is 0 Å². The lowest BCUT2D eigenvalue weighted by atomic mass is 9.76. The Morgan fingerprint density at radius 3 is 2.77 bits per heavy atom. The lowest BCUT2D eigenvalue weighted by Crippen LogP contribution is -2.25. The standard InChI is InChI=1S/C17H21N5O3S/c1-17(2)4-3-11-9(7-17)12(16(24)25)15(26-11)22-14(23)13-10(8-21-18)19-5-6-20-13/h5-6,21H,3-4,7-8,18H2,1-2H3,(H,22,23)(H,24,25). The van der Waals surface area contributed by atoms with Crippen LogP contribution < -0.4 is 16.6 Å². The number of nitrogens with one attached hydrogen (secondary N) is 2. The third-order valence-corrected chi connectivity index (χ3v) is 5.68. The lowest BCUT2D eigenvalue weighted by molar-refractivity contribution is 0.0696. The van der Waals surface area contributed by atoms with Crippen LogP contribution >= 0.6 is 11.3 Å². The summed E-state index contributed by atoms with van der Waals surface area (Å²) in [5.74, 6) is 3.79. The van der Waals surface area contributed by atoms with Crippen molar-refractivity contribution in [2.45, 2.75) is 39.7 Å². The molecule has 1 amide bonds. The Bertz CT molecular complexity index is 862. The van der Waals surface area contributed by atoms with Crippen molar-refractivity contribution in [1.82, 2.24) is 15.4 Å². The van der Waals surface area contributed by atoms with Crippen LogP contribution in [0.5, 0.6) is 0 Å². The van der Waals surface area contributed by atoms with E-state index in [2.05, 4.69) is 34.6 Å². The van der Waals surface area contributed by atoms with Crippen molar-refractivity contribution in [3.8, 4) is 0 Å². The maximum absolute atomic E-state index is 12.7. The maximum Gasteiger partial charge on any atom is 0.339 e. The number of carbonyl (C=O) groups is 2. The van der Waals surface area contributed by atoms with Gasteiger partial charge in [0.05, 0.1) is 17.8 Å². The number of aromatic nitrogens is 2. The summed E-state index contributed by atoms with van der Waals surface area (Å²) < 4.78 is 0. The Balaban J connectivity index is 1.95. The average molecular weight is 375 g/mol. The number of thiophene rings is 1. The number of carboxylic acid groups (broad SMARTS) is 1. The number of carbonyl (C=O) groups excluding carboxylic acids is 1. The molecule has 1 aliphatic rings. The molecule has 138 valence electrons. The van der Waals surface area contributed by atoms with Gasteiger partial charge in [0.25, 0.3) is 5.91 Å². The largest absolute Gasteiger partial charge is 0.478 e. The van der Waals surface area contributed by atoms with Crippen LogP contribution in [-0.4, -0.2) is 27.0 Å². The van der Waals surface area contributed by atoms with Crippen LogP contribution in [0.4, 0.5) is 5.00 Å². The zero-order chi connectivity index (χ0) is 18.9. The third-order valence-electron chi connectivity index (χ3n) is 4.47. The number of hydrogen-bond acceptors (Lipinski definition) is 7. The van der Waals surface area contributed by atoms with Gasteiger partial charge in [-0.2, -0.15) is 0 Å². The number of aromatic carboxylic acids is 1. The summed E-state index contributed by atoms with van der Waals surface area (Å²) in [6.07, 6.45) is 5.37. The van der Waals surface area contributed by atoms with Gasteiger partial charge in [-0.3, -0.25) is 21.0 Å². The van der Waals surface area contributed by atoms with Gasteiger partial charge in [0, 0.05) is 17.3 Å². The number of hydrazine groups is 1. The molecule has 0 radical (unpaired) electrons. The molecule has 0 spiro atoms. The number of nitrogens with two attached hydrogens (primary N) is 1. The van der Waals surface area contributed by atoms with Crippen molar-refractivity contribution >= 4 is 28.2 Å². The first-order valence-electron chi connectivity index (χ1n) is 8.25. The van der Waals surface area contributed by atoms with Crippen LogP contribution in [-0.2, 0) is 19.4 Å². The average Bonchev–Trinajstić information content (AvgIpc) is 2.91. The van der Waals surface area contributed by atoms with Crippen molar-refractivity contribution in [3.05, 3.63) is 39.8 Å². The molecule has 0 fully saturated rings. The normalized spacial score (nSPS) is 15.3. The molecule has 3 rings (SSSR count). The van der Waals surface area contributed by atoms with E-state index >= 15 is 0 Å². The molecule has 0 saturated carbocycles. The van der Waals surface area contributed by atoms with E-state index < -0.39 is 11.9 Å². The van der Waals surface area contributed by atoms with Crippen molar-refractivity contribution in [2.24, 2.45) is 11.3 Å². The van der Waals surface area contributed by atoms with Crippen LogP contribution in [0, 0.1) is 5.41 Å². The predicted molar refractivity (Wildman–Crippen MR) is 98.1 cm³/mol. The van der Waals surface area contributed by atoms with E-state index in [0.29, 0.717) is 17.1 Å². The summed E-state index contributed by atoms with van der Waals surface area (Å²) in [6, 6.07) is 0. The Kier molecular flexibility index (Phi) is 5.03. The molecular weight excluding hydrogens is 354 g/mol. The monoisotopic (exact) mass is 375 g/mol. The fraction of sp³-hybridized carbons (Fsp3) is 0.412. The molecule has 2 heterocycles. The number of anilines is 1. The number of rotatable bonds is 5. The van der Waals surface area contributed by atoms with Gasteiger partial charge in [-0.05, 0) is 30.2 Å². The van der Waals surface area contributed by atoms with Crippen LogP contribution in [0.15, 0.2) is 12.4 Å². The smallest absolute Gasteiger partial charge is 0.339 e. The summed E-state index contributed by atoms with van der Waals surface area (Å²) in [5, 5.41) is 12.8. The van der Waals surface area contributed by atoms with Crippen LogP contribution in [0.1, 0.15) is 57.2 Å². The second kappa shape index (κ2) is 7.10. The number of fused-ring (bicyclic) bond motifs is 1. The van der Waals surface area contributed by atoms with E-state index in [4.69, 9.17) is 5.84 Å². The number of hydrogen-bond donors (Lipinski definition) is 4. The fourth-order valence-corrected chi connectivity index (χ4v) is 4.38. The second-order valence-corrected chi connectivity index (χ2v) is 8.15. The van der Waals surface area contributed by atoms with Crippen molar-refractivity contribution in [2.75, 3.05) is 5.32 Å². The van der Waals surface area contributed by atoms with Gasteiger partial charge in [0.15, 0.2) is 5.69 Å². The maximum atomic E-state index is 12.7. The summed E-state index contributed by atoms with van der Waals surface area (Å²) in [4.78, 5) is 33.7. The molecule has 5 N–H and O–H groups in total.